The van der Waals surface area contributed by atoms with Crippen LogP contribution in [0.1, 0.15) is 36.8 Å². The third kappa shape index (κ3) is 3.48. The van der Waals surface area contributed by atoms with Gasteiger partial charge in [-0.25, -0.2) is 0 Å². The Balaban J connectivity index is 2.18. The van der Waals surface area contributed by atoms with Crippen LogP contribution in [-0.4, -0.2) is 18.3 Å². The molecule has 1 aliphatic rings. The lowest BCUT2D eigenvalue weighted by Gasteiger charge is -2.42. The van der Waals surface area contributed by atoms with Gasteiger partial charge in [-0.2, -0.15) is 18.4 Å². The number of hydrogen-bond acceptors (Lipinski definition) is 3. The number of nitrogens with zero attached hydrogens (tertiary/aromatic N) is 1. The Morgan fingerprint density at radius 3 is 2.52 bits per heavy atom. The van der Waals surface area contributed by atoms with E-state index < -0.39 is 11.7 Å². The van der Waals surface area contributed by atoms with E-state index in [2.05, 4.69) is 5.32 Å². The zero-order valence-corrected chi connectivity index (χ0v) is 11.5. The van der Waals surface area contributed by atoms with Crippen LogP contribution in [0.2, 0.25) is 0 Å². The zero-order valence-electron chi connectivity index (χ0n) is 11.5. The second-order valence-corrected chi connectivity index (χ2v) is 5.55. The highest BCUT2D eigenvalue weighted by Crippen LogP contribution is 2.44. The summed E-state index contributed by atoms with van der Waals surface area (Å²) >= 11 is 0. The maximum absolute atomic E-state index is 13.0. The summed E-state index contributed by atoms with van der Waals surface area (Å²) in [7, 11) is 0. The van der Waals surface area contributed by atoms with Crippen LogP contribution >= 0.6 is 0 Å². The van der Waals surface area contributed by atoms with Gasteiger partial charge in [-0.05, 0) is 42.9 Å². The molecule has 114 valence electrons. The van der Waals surface area contributed by atoms with Gasteiger partial charge in [0.2, 0.25) is 0 Å². The summed E-state index contributed by atoms with van der Waals surface area (Å²) in [5.41, 5.74) is -0.946. The van der Waals surface area contributed by atoms with Gasteiger partial charge in [0.25, 0.3) is 0 Å². The van der Waals surface area contributed by atoms with Gasteiger partial charge in [0.05, 0.1) is 17.2 Å². The minimum atomic E-state index is -4.50. The number of rotatable bonds is 5. The molecule has 0 saturated heterocycles. The van der Waals surface area contributed by atoms with Crippen molar-refractivity contribution in [1.29, 1.82) is 5.26 Å². The van der Waals surface area contributed by atoms with Crippen molar-refractivity contribution >= 4 is 5.69 Å². The molecule has 6 heteroatoms. The molecule has 0 amide bonds. The summed E-state index contributed by atoms with van der Waals surface area (Å²) < 4.78 is 39.1. The van der Waals surface area contributed by atoms with Crippen molar-refractivity contribution in [3.05, 3.63) is 29.3 Å². The molecule has 0 spiro atoms. The predicted molar refractivity (Wildman–Crippen MR) is 72.6 cm³/mol. The first kappa shape index (κ1) is 15.6. The first-order valence-electron chi connectivity index (χ1n) is 6.86. The van der Waals surface area contributed by atoms with Crippen LogP contribution in [-0.2, 0) is 6.18 Å². The van der Waals surface area contributed by atoms with Crippen LogP contribution in [0.3, 0.4) is 0 Å². The average molecular weight is 298 g/mol. The van der Waals surface area contributed by atoms with E-state index in [4.69, 9.17) is 10.4 Å². The Bertz CT molecular complexity index is 545. The molecular weight excluding hydrogens is 281 g/mol. The molecule has 0 aliphatic heterocycles. The fourth-order valence-corrected chi connectivity index (χ4v) is 2.71. The molecule has 2 N–H and O–H groups in total. The molecule has 1 aromatic carbocycles. The number of aliphatic hydroxyl groups excluding tert-OH is 1. The Hall–Kier alpha value is -1.74. The molecule has 0 atom stereocenters. The minimum absolute atomic E-state index is 0.00860. The van der Waals surface area contributed by atoms with Crippen molar-refractivity contribution in [1.82, 2.24) is 0 Å². The molecule has 21 heavy (non-hydrogen) atoms. The zero-order chi connectivity index (χ0) is 15.5. The summed E-state index contributed by atoms with van der Waals surface area (Å²) in [6.45, 7) is 0.448. The Labute approximate surface area is 121 Å². The van der Waals surface area contributed by atoms with E-state index in [0.717, 1.165) is 25.3 Å². The molecule has 1 fully saturated rings. The molecule has 3 nitrogen and oxygen atoms in total. The molecule has 0 heterocycles. The van der Waals surface area contributed by atoms with Crippen molar-refractivity contribution in [3.8, 4) is 6.07 Å². The lowest BCUT2D eigenvalue weighted by atomic mass is 9.66. The van der Waals surface area contributed by atoms with Gasteiger partial charge in [0, 0.05) is 18.8 Å². The lowest BCUT2D eigenvalue weighted by molar-refractivity contribution is -0.137. The van der Waals surface area contributed by atoms with Crippen LogP contribution < -0.4 is 5.32 Å². The molecular formula is C15H17F3N2O. The number of halogens is 3. The van der Waals surface area contributed by atoms with Crippen molar-refractivity contribution in [2.24, 2.45) is 5.41 Å². The molecule has 0 radical (unpaired) electrons. The Kier molecular flexibility index (Phi) is 4.43. The fourth-order valence-electron chi connectivity index (χ4n) is 2.71. The third-order valence-corrected chi connectivity index (χ3v) is 4.16. The van der Waals surface area contributed by atoms with E-state index in [0.29, 0.717) is 13.0 Å². The normalized spacial score (nSPS) is 16.9. The predicted octanol–water partition coefficient (Wildman–Crippen LogP) is 3.54. The quantitative estimate of drug-likeness (QED) is 0.874. The van der Waals surface area contributed by atoms with Gasteiger partial charge >= 0.3 is 6.18 Å². The van der Waals surface area contributed by atoms with E-state index in [9.17, 15) is 13.2 Å². The van der Waals surface area contributed by atoms with Crippen LogP contribution in [0.25, 0.3) is 0 Å². The van der Waals surface area contributed by atoms with E-state index in [-0.39, 0.29) is 23.3 Å². The fraction of sp³-hybridized carbons (Fsp3) is 0.533. The number of nitrogens with one attached hydrogen (secondary N) is 1. The van der Waals surface area contributed by atoms with E-state index in [1.165, 1.54) is 12.1 Å². The number of anilines is 1. The second kappa shape index (κ2) is 5.94. The highest BCUT2D eigenvalue weighted by Gasteiger charge is 2.38. The number of aliphatic hydroxyl groups is 1. The van der Waals surface area contributed by atoms with Crippen molar-refractivity contribution in [3.63, 3.8) is 0 Å². The molecule has 1 aromatic rings. The molecule has 1 saturated carbocycles. The second-order valence-electron chi connectivity index (χ2n) is 5.55. The van der Waals surface area contributed by atoms with E-state index >= 15 is 0 Å². The van der Waals surface area contributed by atoms with Crippen LogP contribution in [0.15, 0.2) is 18.2 Å². The maximum Gasteiger partial charge on any atom is 0.418 e. The minimum Gasteiger partial charge on any atom is -0.396 e. The topological polar surface area (TPSA) is 56.0 Å². The summed E-state index contributed by atoms with van der Waals surface area (Å²) in [6, 6.07) is 5.25. The largest absolute Gasteiger partial charge is 0.418 e. The molecule has 0 bridgehead atoms. The van der Waals surface area contributed by atoms with Crippen LogP contribution in [0, 0.1) is 16.7 Å². The van der Waals surface area contributed by atoms with Gasteiger partial charge in [0.15, 0.2) is 0 Å². The molecule has 0 unspecified atom stereocenters. The molecule has 1 aliphatic carbocycles. The van der Waals surface area contributed by atoms with Gasteiger partial charge in [-0.1, -0.05) is 6.42 Å². The molecule has 2 rings (SSSR count). The Morgan fingerprint density at radius 2 is 2.05 bits per heavy atom. The number of alkyl halides is 3. The third-order valence-electron chi connectivity index (χ3n) is 4.16. The number of hydrogen-bond donors (Lipinski definition) is 2. The molecule has 0 aromatic heterocycles. The number of nitriles is 1. The maximum atomic E-state index is 13.0. The highest BCUT2D eigenvalue weighted by molar-refractivity contribution is 5.56. The van der Waals surface area contributed by atoms with Crippen molar-refractivity contribution in [2.45, 2.75) is 31.9 Å². The highest BCUT2D eigenvalue weighted by atomic mass is 19.4. The summed E-state index contributed by atoms with van der Waals surface area (Å²) in [5, 5.41) is 20.7. The first-order valence-corrected chi connectivity index (χ1v) is 6.86. The van der Waals surface area contributed by atoms with Crippen LogP contribution in [0.4, 0.5) is 18.9 Å². The number of benzene rings is 1. The van der Waals surface area contributed by atoms with Gasteiger partial charge in [-0.3, -0.25) is 0 Å². The SMILES string of the molecule is N#Cc1ccc(NCC2(CCO)CCC2)c(C(F)(F)F)c1. The van der Waals surface area contributed by atoms with Crippen molar-refractivity contribution in [2.75, 3.05) is 18.5 Å². The monoisotopic (exact) mass is 298 g/mol. The smallest absolute Gasteiger partial charge is 0.396 e. The summed E-state index contributed by atoms with van der Waals surface area (Å²) in [6.07, 6.45) is -1.03. The average Bonchev–Trinajstić information content (AvgIpc) is 2.40. The van der Waals surface area contributed by atoms with Gasteiger partial charge < -0.3 is 10.4 Å². The van der Waals surface area contributed by atoms with Crippen molar-refractivity contribution < 1.29 is 18.3 Å². The van der Waals surface area contributed by atoms with Crippen LogP contribution in [0.5, 0.6) is 0 Å². The lowest BCUT2D eigenvalue weighted by Crippen LogP contribution is -2.37. The van der Waals surface area contributed by atoms with E-state index in [1.54, 1.807) is 6.07 Å². The summed E-state index contributed by atoms with van der Waals surface area (Å²) in [5.74, 6) is 0. The van der Waals surface area contributed by atoms with Gasteiger partial charge in [0.1, 0.15) is 0 Å². The first-order chi connectivity index (χ1) is 9.90. The summed E-state index contributed by atoms with van der Waals surface area (Å²) in [4.78, 5) is 0. The Morgan fingerprint density at radius 1 is 1.33 bits per heavy atom. The standard InChI is InChI=1S/C15H17F3N2O/c16-15(17,18)12-8-11(9-19)2-3-13(12)20-10-14(6-7-21)4-1-5-14/h2-3,8,20-21H,1,4-7,10H2. The van der Waals surface area contributed by atoms with E-state index in [1.807, 2.05) is 0 Å². The van der Waals surface area contributed by atoms with Gasteiger partial charge in [-0.15, -0.1) is 0 Å².